The fourth-order valence-electron chi connectivity index (χ4n) is 6.43. The highest BCUT2D eigenvalue weighted by molar-refractivity contribution is 7.89. The van der Waals surface area contributed by atoms with Crippen LogP contribution in [-0.2, 0) is 32.6 Å². The predicted octanol–water partition coefficient (Wildman–Crippen LogP) is 2.29. The van der Waals surface area contributed by atoms with E-state index in [0.717, 1.165) is 24.0 Å². The molecule has 2 saturated heterocycles. The largest absolute Gasteiger partial charge is 0.445 e. The van der Waals surface area contributed by atoms with Crippen molar-refractivity contribution in [2.24, 2.45) is 0 Å². The van der Waals surface area contributed by atoms with Crippen molar-refractivity contribution < 1.29 is 27.9 Å². The summed E-state index contributed by atoms with van der Waals surface area (Å²) in [6.07, 6.45) is 5.57. The standard InChI is InChI=1S/C29H38N6O6S/c1-29(38)13-5-8-24(29)35-25(36)10-9-21-16-30-27(32-26(21)35)31-22-11-14-34(15-12-22)42(39,40)23-17-33(18-23)28(37)41-19-20-6-3-2-4-7-20/h2-4,6-7,16,22-24,38H,5,8-15,17-19H2,1H3,(H,30,31,32)/t24-,29-/m1/s1. The van der Waals surface area contributed by atoms with Gasteiger partial charge in [0.1, 0.15) is 17.7 Å². The second-order valence-electron chi connectivity index (χ2n) is 12.0. The molecule has 2 amide bonds. The van der Waals surface area contributed by atoms with Crippen molar-refractivity contribution in [3.8, 4) is 0 Å². The molecular formula is C29H38N6O6S. The third-order valence-corrected chi connectivity index (χ3v) is 11.2. The van der Waals surface area contributed by atoms with Crippen molar-refractivity contribution in [2.75, 3.05) is 36.4 Å². The van der Waals surface area contributed by atoms with Gasteiger partial charge < -0.3 is 20.1 Å². The Morgan fingerprint density at radius 3 is 2.57 bits per heavy atom. The van der Waals surface area contributed by atoms with Gasteiger partial charge in [-0.3, -0.25) is 9.69 Å². The van der Waals surface area contributed by atoms with Gasteiger partial charge in [0.15, 0.2) is 0 Å². The van der Waals surface area contributed by atoms with Gasteiger partial charge in [0.25, 0.3) is 0 Å². The molecule has 0 spiro atoms. The highest BCUT2D eigenvalue weighted by Crippen LogP contribution is 2.39. The molecule has 0 unspecified atom stereocenters. The maximum absolute atomic E-state index is 13.2. The first-order chi connectivity index (χ1) is 20.1. The number of amides is 2. The molecule has 3 fully saturated rings. The number of aromatic nitrogens is 2. The Bertz CT molecular complexity index is 1420. The molecule has 2 N–H and O–H groups in total. The number of piperidine rings is 1. The molecule has 1 aromatic heterocycles. The van der Waals surface area contributed by atoms with Gasteiger partial charge in [-0.25, -0.2) is 22.5 Å². The third kappa shape index (κ3) is 5.69. The minimum Gasteiger partial charge on any atom is -0.445 e. The van der Waals surface area contributed by atoms with Crippen LogP contribution in [0.5, 0.6) is 0 Å². The Hall–Kier alpha value is -3.29. The molecule has 0 bridgehead atoms. The molecular weight excluding hydrogens is 560 g/mol. The highest BCUT2D eigenvalue weighted by Gasteiger charge is 2.46. The van der Waals surface area contributed by atoms with Crippen LogP contribution in [0.2, 0.25) is 0 Å². The van der Waals surface area contributed by atoms with E-state index in [1.165, 1.54) is 9.21 Å². The molecule has 13 heteroatoms. The van der Waals surface area contributed by atoms with Crippen LogP contribution in [0.1, 0.15) is 56.6 Å². The van der Waals surface area contributed by atoms with Crippen LogP contribution in [0.4, 0.5) is 16.6 Å². The van der Waals surface area contributed by atoms with Gasteiger partial charge in [0.05, 0.1) is 11.6 Å². The van der Waals surface area contributed by atoms with Gasteiger partial charge in [-0.2, -0.15) is 4.98 Å². The zero-order valence-corrected chi connectivity index (χ0v) is 24.6. The van der Waals surface area contributed by atoms with Crippen LogP contribution >= 0.6 is 0 Å². The van der Waals surface area contributed by atoms with Crippen molar-refractivity contribution in [1.82, 2.24) is 19.2 Å². The summed E-state index contributed by atoms with van der Waals surface area (Å²) in [7, 11) is -3.54. The van der Waals surface area contributed by atoms with E-state index in [9.17, 15) is 23.1 Å². The van der Waals surface area contributed by atoms with E-state index in [1.807, 2.05) is 30.3 Å². The molecule has 4 heterocycles. The number of ether oxygens (including phenoxy) is 1. The van der Waals surface area contributed by atoms with E-state index in [0.29, 0.717) is 57.0 Å². The number of carbonyl (C=O) groups is 2. The number of likely N-dealkylation sites (tertiary alicyclic amines) is 1. The summed E-state index contributed by atoms with van der Waals surface area (Å²) in [5.41, 5.74) is 0.809. The molecule has 42 heavy (non-hydrogen) atoms. The van der Waals surface area contributed by atoms with Crippen LogP contribution in [0, 0.1) is 0 Å². The SMILES string of the molecule is C[C@@]1(O)CCC[C@H]1N1C(=O)CCc2cnc(NC3CCN(S(=O)(=O)C4CN(C(=O)OCc5ccccc5)C4)CC3)nc21. The number of benzene rings is 1. The topological polar surface area (TPSA) is 145 Å². The third-order valence-electron chi connectivity index (χ3n) is 9.02. The molecule has 0 radical (unpaired) electrons. The number of hydrogen-bond acceptors (Lipinski definition) is 9. The van der Waals surface area contributed by atoms with E-state index in [4.69, 9.17) is 9.72 Å². The molecule has 2 aromatic rings. The lowest BCUT2D eigenvalue weighted by molar-refractivity contribution is -0.120. The van der Waals surface area contributed by atoms with E-state index >= 15 is 0 Å². The maximum atomic E-state index is 13.2. The maximum Gasteiger partial charge on any atom is 0.410 e. The molecule has 1 aliphatic carbocycles. The van der Waals surface area contributed by atoms with E-state index in [-0.39, 0.29) is 37.7 Å². The Balaban J connectivity index is 1.02. The molecule has 12 nitrogen and oxygen atoms in total. The number of fused-ring (bicyclic) bond motifs is 1. The van der Waals surface area contributed by atoms with Crippen molar-refractivity contribution in [2.45, 2.75) is 81.4 Å². The first-order valence-corrected chi connectivity index (χ1v) is 16.2. The van der Waals surface area contributed by atoms with Crippen LogP contribution in [0.3, 0.4) is 0 Å². The molecule has 3 aliphatic heterocycles. The number of rotatable bonds is 7. The van der Waals surface area contributed by atoms with Crippen molar-refractivity contribution in [3.63, 3.8) is 0 Å². The van der Waals surface area contributed by atoms with E-state index in [1.54, 1.807) is 18.0 Å². The smallest absolute Gasteiger partial charge is 0.410 e. The number of carbonyl (C=O) groups excluding carboxylic acids is 2. The summed E-state index contributed by atoms with van der Waals surface area (Å²) in [4.78, 5) is 37.6. The number of aliphatic hydroxyl groups is 1. The molecule has 2 atom stereocenters. The lowest BCUT2D eigenvalue weighted by atomic mass is 9.95. The molecule has 6 rings (SSSR count). The second kappa shape index (κ2) is 11.4. The molecule has 1 aromatic carbocycles. The Labute approximate surface area is 246 Å². The monoisotopic (exact) mass is 598 g/mol. The lowest BCUT2D eigenvalue weighted by Gasteiger charge is -2.41. The van der Waals surface area contributed by atoms with Gasteiger partial charge in [-0.05, 0) is 51.0 Å². The summed E-state index contributed by atoms with van der Waals surface area (Å²) in [6, 6.07) is 9.02. The molecule has 1 saturated carbocycles. The first kappa shape index (κ1) is 28.8. The van der Waals surface area contributed by atoms with Crippen molar-refractivity contribution in [3.05, 3.63) is 47.7 Å². The van der Waals surface area contributed by atoms with Crippen LogP contribution in [0.15, 0.2) is 36.5 Å². The fraction of sp³-hybridized carbons (Fsp3) is 0.586. The normalized spacial score (nSPS) is 25.7. The number of sulfonamides is 1. The fourth-order valence-corrected chi connectivity index (χ4v) is 8.30. The van der Waals surface area contributed by atoms with Gasteiger partial charge in [0, 0.05) is 50.4 Å². The van der Waals surface area contributed by atoms with Gasteiger partial charge in [-0.15, -0.1) is 0 Å². The summed E-state index contributed by atoms with van der Waals surface area (Å²) in [5.74, 6) is 0.931. The summed E-state index contributed by atoms with van der Waals surface area (Å²) < 4.78 is 33.3. The van der Waals surface area contributed by atoms with Gasteiger partial charge >= 0.3 is 6.09 Å². The highest BCUT2D eigenvalue weighted by atomic mass is 32.2. The van der Waals surface area contributed by atoms with Crippen LogP contribution < -0.4 is 10.2 Å². The Morgan fingerprint density at radius 1 is 1.14 bits per heavy atom. The van der Waals surface area contributed by atoms with Crippen LogP contribution in [-0.4, -0.2) is 93.8 Å². The summed E-state index contributed by atoms with van der Waals surface area (Å²) in [5, 5.41) is 13.6. The molecule has 4 aliphatic rings. The second-order valence-corrected chi connectivity index (χ2v) is 14.2. The van der Waals surface area contributed by atoms with Crippen LogP contribution in [0.25, 0.3) is 0 Å². The Kier molecular flexibility index (Phi) is 7.83. The van der Waals surface area contributed by atoms with Gasteiger partial charge in [-0.1, -0.05) is 30.3 Å². The van der Waals surface area contributed by atoms with Crippen molar-refractivity contribution in [1.29, 1.82) is 0 Å². The number of anilines is 2. The van der Waals surface area contributed by atoms with Gasteiger partial charge in [0.2, 0.25) is 21.9 Å². The summed E-state index contributed by atoms with van der Waals surface area (Å²) >= 11 is 0. The minimum atomic E-state index is -3.54. The van der Waals surface area contributed by atoms with E-state index in [2.05, 4.69) is 10.3 Å². The number of aryl methyl sites for hydroxylation is 1. The number of hydrogen-bond donors (Lipinski definition) is 2. The van der Waals surface area contributed by atoms with Crippen molar-refractivity contribution >= 4 is 33.8 Å². The Morgan fingerprint density at radius 2 is 1.88 bits per heavy atom. The average molecular weight is 599 g/mol. The number of nitrogens with zero attached hydrogens (tertiary/aromatic N) is 5. The van der Waals surface area contributed by atoms with E-state index < -0.39 is 27.0 Å². The quantitative estimate of drug-likeness (QED) is 0.490. The summed E-state index contributed by atoms with van der Waals surface area (Å²) in [6.45, 7) is 2.90. The predicted molar refractivity (Wildman–Crippen MR) is 155 cm³/mol. The average Bonchev–Trinajstić information content (AvgIpc) is 3.30. The zero-order valence-electron chi connectivity index (χ0n) is 23.8. The molecule has 226 valence electrons. The zero-order chi connectivity index (χ0) is 29.5. The minimum absolute atomic E-state index is 0.0253. The lowest BCUT2D eigenvalue weighted by Crippen LogP contribution is -2.60. The first-order valence-electron chi connectivity index (χ1n) is 14.7. The number of nitrogens with one attached hydrogen (secondary N) is 1.